The number of alkyl halides is 3. The minimum Gasteiger partial charge on any atom is -0.406 e. The highest BCUT2D eigenvalue weighted by Crippen LogP contribution is 2.43. The monoisotopic (exact) mass is 391 g/mol. The number of aromatic nitrogens is 1. The average Bonchev–Trinajstić information content (AvgIpc) is 3.11. The second-order valence-electron chi connectivity index (χ2n) is 5.58. The van der Waals surface area contributed by atoms with Crippen molar-refractivity contribution in [3.05, 3.63) is 71.2 Å². The van der Waals surface area contributed by atoms with Gasteiger partial charge in [-0.25, -0.2) is 4.98 Å². The Morgan fingerprint density at radius 2 is 1.77 bits per heavy atom. The van der Waals surface area contributed by atoms with Crippen LogP contribution < -0.4 is 4.74 Å². The zero-order valence-corrected chi connectivity index (χ0v) is 14.9. The maximum atomic E-state index is 12.2. The van der Waals surface area contributed by atoms with Crippen LogP contribution in [-0.2, 0) is 6.42 Å². The molecule has 0 N–H and O–H groups in total. The summed E-state index contributed by atoms with van der Waals surface area (Å²) in [5.41, 5.74) is 2.07. The maximum absolute atomic E-state index is 12.2. The fourth-order valence-corrected chi connectivity index (χ4v) is 4.70. The highest BCUT2D eigenvalue weighted by Gasteiger charge is 2.31. The lowest BCUT2D eigenvalue weighted by atomic mass is 10.1. The van der Waals surface area contributed by atoms with E-state index in [9.17, 15) is 13.2 Å². The van der Waals surface area contributed by atoms with Crippen LogP contribution in [0.4, 0.5) is 13.2 Å². The quantitative estimate of drug-likeness (QED) is 0.516. The molecule has 0 bridgehead atoms. The van der Waals surface area contributed by atoms with Crippen molar-refractivity contribution < 1.29 is 17.9 Å². The molecule has 0 saturated heterocycles. The van der Waals surface area contributed by atoms with Gasteiger partial charge in [0, 0.05) is 21.6 Å². The Labute approximate surface area is 156 Å². The van der Waals surface area contributed by atoms with Crippen molar-refractivity contribution in [2.24, 2.45) is 0 Å². The number of nitrogens with zero attached hydrogens (tertiary/aromatic N) is 1. The maximum Gasteiger partial charge on any atom is 0.573 e. The van der Waals surface area contributed by atoms with Crippen molar-refractivity contribution in [2.45, 2.75) is 17.7 Å². The summed E-state index contributed by atoms with van der Waals surface area (Å²) < 4.78 is 40.6. The summed E-state index contributed by atoms with van der Waals surface area (Å²) >= 11 is 3.24. The molecule has 0 aliphatic carbocycles. The van der Waals surface area contributed by atoms with Gasteiger partial charge in [0.1, 0.15) is 10.8 Å². The summed E-state index contributed by atoms with van der Waals surface area (Å²) in [6, 6.07) is 14.1. The van der Waals surface area contributed by atoms with Crippen molar-refractivity contribution >= 4 is 28.0 Å². The van der Waals surface area contributed by atoms with Crippen LogP contribution >= 0.6 is 23.1 Å². The van der Waals surface area contributed by atoms with Crippen LogP contribution in [0.3, 0.4) is 0 Å². The molecule has 0 fully saturated rings. The Morgan fingerprint density at radius 3 is 2.54 bits per heavy atom. The third-order valence-corrected chi connectivity index (χ3v) is 6.22. The minimum absolute atomic E-state index is 0.236. The Balaban J connectivity index is 1.53. The van der Waals surface area contributed by atoms with E-state index in [1.165, 1.54) is 33.9 Å². The van der Waals surface area contributed by atoms with Gasteiger partial charge in [-0.05, 0) is 42.3 Å². The predicted octanol–water partition coefficient (Wildman–Crippen LogP) is 6.40. The molecule has 4 rings (SSSR count). The summed E-state index contributed by atoms with van der Waals surface area (Å²) in [5.74, 6) is -0.236. The summed E-state index contributed by atoms with van der Waals surface area (Å²) in [6.07, 6.45) is 0.198. The number of allylic oxidation sites excluding steroid dienone is 1. The molecule has 2 nitrogen and oxygen atoms in total. The first-order valence-corrected chi connectivity index (χ1v) is 9.39. The Bertz CT molecular complexity index is 961. The largest absolute Gasteiger partial charge is 0.573 e. The van der Waals surface area contributed by atoms with Crippen molar-refractivity contribution in [3.8, 4) is 16.3 Å². The first kappa shape index (κ1) is 17.2. The summed E-state index contributed by atoms with van der Waals surface area (Å²) in [6.45, 7) is 0. The molecule has 0 unspecified atom stereocenters. The molecule has 26 heavy (non-hydrogen) atoms. The fraction of sp³-hybridized carbons (Fsp3) is 0.105. The molecule has 7 heteroatoms. The van der Waals surface area contributed by atoms with Gasteiger partial charge in [0.15, 0.2) is 0 Å². The molecule has 0 spiro atoms. The number of thioether (sulfide) groups is 1. The minimum atomic E-state index is -4.68. The highest BCUT2D eigenvalue weighted by atomic mass is 32.2. The molecule has 2 heterocycles. The third kappa shape index (κ3) is 3.78. The number of ether oxygens (including phenoxy) is 1. The van der Waals surface area contributed by atoms with Crippen LogP contribution in [0.2, 0.25) is 0 Å². The molecule has 0 saturated carbocycles. The van der Waals surface area contributed by atoms with E-state index in [1.807, 2.05) is 18.3 Å². The van der Waals surface area contributed by atoms with Gasteiger partial charge in [0.25, 0.3) is 0 Å². The normalized spacial score (nSPS) is 13.9. The number of hydrogen-bond donors (Lipinski definition) is 0. The van der Waals surface area contributed by atoms with Crippen molar-refractivity contribution in [1.29, 1.82) is 0 Å². The lowest BCUT2D eigenvalue weighted by Gasteiger charge is -2.14. The molecule has 2 aromatic carbocycles. The Hall–Kier alpha value is -2.25. The van der Waals surface area contributed by atoms with E-state index >= 15 is 0 Å². The van der Waals surface area contributed by atoms with Gasteiger partial charge in [-0.3, -0.25) is 0 Å². The van der Waals surface area contributed by atoms with E-state index in [2.05, 4.69) is 27.9 Å². The number of halogens is 3. The number of thiazole rings is 1. The van der Waals surface area contributed by atoms with Gasteiger partial charge >= 0.3 is 6.36 Å². The molecule has 1 aliphatic heterocycles. The lowest BCUT2D eigenvalue weighted by molar-refractivity contribution is -0.274. The van der Waals surface area contributed by atoms with Gasteiger partial charge in [0.05, 0.1) is 4.88 Å². The average molecular weight is 391 g/mol. The molecule has 0 atom stereocenters. The second kappa shape index (κ2) is 6.81. The predicted molar refractivity (Wildman–Crippen MR) is 98.2 cm³/mol. The summed E-state index contributed by atoms with van der Waals surface area (Å²) in [5, 5.41) is 0.763. The van der Waals surface area contributed by atoms with E-state index in [0.29, 0.717) is 0 Å². The highest BCUT2D eigenvalue weighted by molar-refractivity contribution is 8.08. The molecule has 1 aliphatic rings. The molecular weight excluding hydrogens is 379 g/mol. The summed E-state index contributed by atoms with van der Waals surface area (Å²) in [4.78, 5) is 7.88. The number of rotatable bonds is 3. The Morgan fingerprint density at radius 1 is 1.00 bits per heavy atom. The molecule has 0 radical (unpaired) electrons. The van der Waals surface area contributed by atoms with Gasteiger partial charge in [-0.15, -0.1) is 24.5 Å². The van der Waals surface area contributed by atoms with Gasteiger partial charge in [-0.2, -0.15) is 0 Å². The summed E-state index contributed by atoms with van der Waals surface area (Å²) in [7, 11) is 0. The number of benzene rings is 2. The van der Waals surface area contributed by atoms with E-state index in [4.69, 9.17) is 0 Å². The van der Waals surface area contributed by atoms with Crippen LogP contribution in [-0.4, -0.2) is 11.3 Å². The molecule has 0 amide bonds. The van der Waals surface area contributed by atoms with Gasteiger partial charge in [0.2, 0.25) is 0 Å². The first-order chi connectivity index (χ1) is 12.5. The van der Waals surface area contributed by atoms with Crippen LogP contribution in [0.1, 0.15) is 10.4 Å². The van der Waals surface area contributed by atoms with E-state index in [1.54, 1.807) is 23.9 Å². The van der Waals surface area contributed by atoms with Crippen LogP contribution in [0.5, 0.6) is 5.75 Å². The molecule has 132 valence electrons. The molecule has 3 aromatic rings. The van der Waals surface area contributed by atoms with E-state index in [-0.39, 0.29) is 5.75 Å². The van der Waals surface area contributed by atoms with Gasteiger partial charge < -0.3 is 4.74 Å². The SMILES string of the molecule is FC(F)(F)Oc1ccc(-c2ncc(C3=CCc4ccccc4S3)s2)cc1. The number of hydrogen-bond acceptors (Lipinski definition) is 4. The van der Waals surface area contributed by atoms with Crippen molar-refractivity contribution in [2.75, 3.05) is 0 Å². The second-order valence-corrected chi connectivity index (χ2v) is 7.70. The van der Waals surface area contributed by atoms with Gasteiger partial charge in [-0.1, -0.05) is 36.0 Å². The zero-order valence-electron chi connectivity index (χ0n) is 13.3. The van der Waals surface area contributed by atoms with Crippen LogP contribution in [0, 0.1) is 0 Å². The standard InChI is InChI=1S/C19H12F3NOS2/c20-19(21,22)24-14-8-5-13(6-9-14)18-23-11-17(26-18)16-10-7-12-3-1-2-4-15(12)25-16/h1-6,8-11H,7H2. The number of fused-ring (bicyclic) bond motifs is 1. The van der Waals surface area contributed by atoms with Crippen LogP contribution in [0.15, 0.2) is 65.7 Å². The van der Waals surface area contributed by atoms with Crippen LogP contribution in [0.25, 0.3) is 15.5 Å². The Kier molecular flexibility index (Phi) is 4.50. The zero-order chi connectivity index (χ0) is 18.1. The van der Waals surface area contributed by atoms with Crippen molar-refractivity contribution in [1.82, 2.24) is 4.98 Å². The van der Waals surface area contributed by atoms with E-state index < -0.39 is 6.36 Å². The molecule has 1 aromatic heterocycles. The smallest absolute Gasteiger partial charge is 0.406 e. The topological polar surface area (TPSA) is 22.1 Å². The molecular formula is C19H12F3NOS2. The third-order valence-electron chi connectivity index (χ3n) is 3.78. The fourth-order valence-electron chi connectivity index (χ4n) is 2.61. The van der Waals surface area contributed by atoms with Crippen molar-refractivity contribution in [3.63, 3.8) is 0 Å². The lowest BCUT2D eigenvalue weighted by Crippen LogP contribution is -2.16. The van der Waals surface area contributed by atoms with E-state index in [0.717, 1.165) is 26.8 Å². The first-order valence-electron chi connectivity index (χ1n) is 7.76.